The highest BCUT2D eigenvalue weighted by Crippen LogP contribution is 2.32. The van der Waals surface area contributed by atoms with Gasteiger partial charge in [-0.15, -0.1) is 0 Å². The molecule has 3 rings (SSSR count). The summed E-state index contributed by atoms with van der Waals surface area (Å²) in [4.78, 5) is 20.2. The van der Waals surface area contributed by atoms with Gasteiger partial charge in [-0.2, -0.15) is 0 Å². The van der Waals surface area contributed by atoms with Crippen LogP contribution in [0.2, 0.25) is 0 Å². The first-order chi connectivity index (χ1) is 9.78. The molecule has 4 nitrogen and oxygen atoms in total. The Morgan fingerprint density at radius 2 is 1.85 bits per heavy atom. The Hall–Kier alpha value is -2.27. The van der Waals surface area contributed by atoms with Gasteiger partial charge in [-0.1, -0.05) is 24.3 Å². The standard InChI is InChI=1S/C15H12N2O2S/c1-19-12-8-4-5-9-13(12)20-15-16-11-7-3-2-6-10(11)14(18)17-15/h2-9H,1H3,(H,16,17,18). The maximum absolute atomic E-state index is 12.0. The number of rotatable bonds is 3. The van der Waals surface area contributed by atoms with Crippen LogP contribution in [0.1, 0.15) is 0 Å². The first kappa shape index (κ1) is 12.7. The van der Waals surface area contributed by atoms with Gasteiger partial charge in [0, 0.05) is 0 Å². The fourth-order valence-corrected chi connectivity index (χ4v) is 2.82. The van der Waals surface area contributed by atoms with Crippen LogP contribution in [0.4, 0.5) is 0 Å². The van der Waals surface area contributed by atoms with Crippen molar-refractivity contribution in [1.29, 1.82) is 0 Å². The summed E-state index contributed by atoms with van der Waals surface area (Å²) in [6.45, 7) is 0. The fourth-order valence-electron chi connectivity index (χ4n) is 1.92. The number of hydrogen-bond acceptors (Lipinski definition) is 4. The Morgan fingerprint density at radius 3 is 2.70 bits per heavy atom. The number of para-hydroxylation sites is 2. The van der Waals surface area contributed by atoms with Crippen molar-refractivity contribution >= 4 is 22.7 Å². The zero-order chi connectivity index (χ0) is 13.9. The third kappa shape index (κ3) is 2.40. The SMILES string of the molecule is COc1ccccc1Sc1nc2ccccc2c(=O)[nH]1. The molecule has 1 aromatic heterocycles. The van der Waals surface area contributed by atoms with Crippen molar-refractivity contribution in [3.63, 3.8) is 0 Å². The molecule has 0 bridgehead atoms. The minimum atomic E-state index is -0.131. The summed E-state index contributed by atoms with van der Waals surface area (Å²) in [6.07, 6.45) is 0. The number of aromatic amines is 1. The fraction of sp³-hybridized carbons (Fsp3) is 0.0667. The van der Waals surface area contributed by atoms with Crippen molar-refractivity contribution in [2.45, 2.75) is 10.1 Å². The van der Waals surface area contributed by atoms with Gasteiger partial charge >= 0.3 is 0 Å². The molecule has 0 saturated carbocycles. The molecule has 2 aromatic carbocycles. The average Bonchev–Trinajstić information content (AvgIpc) is 2.48. The minimum Gasteiger partial charge on any atom is -0.496 e. The van der Waals surface area contributed by atoms with Gasteiger partial charge in [0.1, 0.15) is 5.75 Å². The highest BCUT2D eigenvalue weighted by Gasteiger charge is 2.08. The molecule has 0 aliphatic rings. The molecule has 0 fully saturated rings. The molecule has 0 atom stereocenters. The molecule has 100 valence electrons. The van der Waals surface area contributed by atoms with E-state index in [4.69, 9.17) is 4.74 Å². The van der Waals surface area contributed by atoms with Crippen LogP contribution in [0.3, 0.4) is 0 Å². The first-order valence-corrected chi connectivity index (χ1v) is 6.89. The van der Waals surface area contributed by atoms with Crippen LogP contribution in [-0.4, -0.2) is 17.1 Å². The predicted molar refractivity (Wildman–Crippen MR) is 79.5 cm³/mol. The molecule has 5 heteroatoms. The molecule has 0 spiro atoms. The Kier molecular flexibility index (Phi) is 3.43. The van der Waals surface area contributed by atoms with Crippen molar-refractivity contribution in [1.82, 2.24) is 9.97 Å². The van der Waals surface area contributed by atoms with Crippen LogP contribution in [0, 0.1) is 0 Å². The highest BCUT2D eigenvalue weighted by atomic mass is 32.2. The zero-order valence-electron chi connectivity index (χ0n) is 10.8. The van der Waals surface area contributed by atoms with Crippen molar-refractivity contribution in [2.75, 3.05) is 7.11 Å². The number of benzene rings is 2. The van der Waals surface area contributed by atoms with Crippen LogP contribution in [-0.2, 0) is 0 Å². The number of H-pyrrole nitrogens is 1. The third-order valence-corrected chi connectivity index (χ3v) is 3.81. The molecule has 0 radical (unpaired) electrons. The molecular formula is C15H12N2O2S. The Morgan fingerprint density at radius 1 is 1.10 bits per heavy atom. The lowest BCUT2D eigenvalue weighted by molar-refractivity contribution is 0.405. The molecule has 0 amide bonds. The van der Waals surface area contributed by atoms with Gasteiger partial charge in [-0.25, -0.2) is 4.98 Å². The second kappa shape index (κ2) is 5.38. The summed E-state index contributed by atoms with van der Waals surface area (Å²) in [5.74, 6) is 0.758. The van der Waals surface area contributed by atoms with Crippen LogP contribution in [0.25, 0.3) is 10.9 Å². The molecule has 0 saturated heterocycles. The Labute approximate surface area is 119 Å². The number of nitrogens with zero attached hydrogens (tertiary/aromatic N) is 1. The predicted octanol–water partition coefficient (Wildman–Crippen LogP) is 3.08. The van der Waals surface area contributed by atoms with Gasteiger partial charge in [0.2, 0.25) is 0 Å². The molecule has 0 aliphatic carbocycles. The number of hydrogen-bond donors (Lipinski definition) is 1. The number of aromatic nitrogens is 2. The summed E-state index contributed by atoms with van der Waals surface area (Å²) in [5, 5.41) is 1.15. The van der Waals surface area contributed by atoms with Gasteiger partial charge in [0.05, 0.1) is 22.9 Å². The van der Waals surface area contributed by atoms with Crippen LogP contribution < -0.4 is 10.3 Å². The summed E-state index contributed by atoms with van der Waals surface area (Å²) in [6, 6.07) is 14.9. The van der Waals surface area contributed by atoms with E-state index in [0.717, 1.165) is 10.6 Å². The van der Waals surface area contributed by atoms with E-state index in [1.807, 2.05) is 42.5 Å². The molecular weight excluding hydrogens is 272 g/mol. The van der Waals surface area contributed by atoms with E-state index < -0.39 is 0 Å². The van der Waals surface area contributed by atoms with E-state index in [1.165, 1.54) is 11.8 Å². The quantitative estimate of drug-likeness (QED) is 0.751. The lowest BCUT2D eigenvalue weighted by Gasteiger charge is -2.07. The van der Waals surface area contributed by atoms with Crippen LogP contribution >= 0.6 is 11.8 Å². The number of ether oxygens (including phenoxy) is 1. The van der Waals surface area contributed by atoms with Crippen molar-refractivity contribution < 1.29 is 4.74 Å². The monoisotopic (exact) mass is 284 g/mol. The average molecular weight is 284 g/mol. The molecule has 0 unspecified atom stereocenters. The minimum absolute atomic E-state index is 0.131. The van der Waals surface area contributed by atoms with Gasteiger partial charge in [-0.3, -0.25) is 4.79 Å². The molecule has 1 N–H and O–H groups in total. The normalized spacial score (nSPS) is 10.7. The van der Waals surface area contributed by atoms with E-state index in [9.17, 15) is 4.79 Å². The maximum Gasteiger partial charge on any atom is 0.259 e. The Balaban J connectivity index is 2.05. The van der Waals surface area contributed by atoms with E-state index in [-0.39, 0.29) is 5.56 Å². The van der Waals surface area contributed by atoms with Gasteiger partial charge in [0.15, 0.2) is 5.16 Å². The van der Waals surface area contributed by atoms with E-state index in [0.29, 0.717) is 16.1 Å². The smallest absolute Gasteiger partial charge is 0.259 e. The molecule has 1 heterocycles. The Bertz CT molecular complexity index is 814. The number of methoxy groups -OCH3 is 1. The van der Waals surface area contributed by atoms with Crippen LogP contribution in [0.15, 0.2) is 63.4 Å². The van der Waals surface area contributed by atoms with Crippen molar-refractivity contribution in [3.05, 3.63) is 58.9 Å². The van der Waals surface area contributed by atoms with E-state index in [2.05, 4.69) is 9.97 Å². The third-order valence-electron chi connectivity index (χ3n) is 2.87. The lowest BCUT2D eigenvalue weighted by atomic mass is 10.2. The highest BCUT2D eigenvalue weighted by molar-refractivity contribution is 7.99. The molecule has 3 aromatic rings. The zero-order valence-corrected chi connectivity index (χ0v) is 11.6. The van der Waals surface area contributed by atoms with E-state index >= 15 is 0 Å². The largest absolute Gasteiger partial charge is 0.496 e. The number of nitrogens with one attached hydrogen (secondary N) is 1. The van der Waals surface area contributed by atoms with Crippen molar-refractivity contribution in [2.24, 2.45) is 0 Å². The summed E-state index contributed by atoms with van der Waals surface area (Å²) < 4.78 is 5.29. The molecule has 20 heavy (non-hydrogen) atoms. The summed E-state index contributed by atoms with van der Waals surface area (Å²) in [5.41, 5.74) is 0.557. The topological polar surface area (TPSA) is 55.0 Å². The van der Waals surface area contributed by atoms with Gasteiger partial charge < -0.3 is 9.72 Å². The maximum atomic E-state index is 12.0. The lowest BCUT2D eigenvalue weighted by Crippen LogP contribution is -2.08. The van der Waals surface area contributed by atoms with Gasteiger partial charge in [-0.05, 0) is 36.0 Å². The summed E-state index contributed by atoms with van der Waals surface area (Å²) in [7, 11) is 1.62. The second-order valence-electron chi connectivity index (χ2n) is 4.14. The van der Waals surface area contributed by atoms with Crippen molar-refractivity contribution in [3.8, 4) is 5.75 Å². The van der Waals surface area contributed by atoms with E-state index in [1.54, 1.807) is 13.2 Å². The van der Waals surface area contributed by atoms with Gasteiger partial charge in [0.25, 0.3) is 5.56 Å². The summed E-state index contributed by atoms with van der Waals surface area (Å²) >= 11 is 1.38. The second-order valence-corrected chi connectivity index (χ2v) is 5.17. The van der Waals surface area contributed by atoms with Crippen LogP contribution in [0.5, 0.6) is 5.75 Å². The molecule has 0 aliphatic heterocycles. The number of fused-ring (bicyclic) bond motifs is 1. The first-order valence-electron chi connectivity index (χ1n) is 6.08.